The Bertz CT molecular complexity index is 810. The molecular formula is C20H18N2OS2. The van der Waals surface area contributed by atoms with Crippen LogP contribution in [-0.2, 0) is 0 Å². The number of nitrogens with one attached hydrogen (secondary N) is 1. The van der Waals surface area contributed by atoms with E-state index in [0.717, 1.165) is 15.7 Å². The minimum absolute atomic E-state index is 0.0832. The van der Waals surface area contributed by atoms with Crippen LogP contribution in [-0.4, -0.2) is 23.2 Å². The van der Waals surface area contributed by atoms with Gasteiger partial charge in [0.1, 0.15) is 5.03 Å². The van der Waals surface area contributed by atoms with Crippen LogP contribution in [0.25, 0.3) is 0 Å². The Balaban J connectivity index is 1.57. The van der Waals surface area contributed by atoms with Gasteiger partial charge in [-0.3, -0.25) is 4.79 Å². The minimum atomic E-state index is -0.0832. The lowest BCUT2D eigenvalue weighted by Crippen LogP contribution is -2.26. The number of hydrogen-bond acceptors (Lipinski definition) is 4. The summed E-state index contributed by atoms with van der Waals surface area (Å²) in [6.45, 7) is 0.614. The molecule has 1 aromatic heterocycles. The second kappa shape index (κ2) is 9.30. The van der Waals surface area contributed by atoms with E-state index in [4.69, 9.17) is 0 Å². The summed E-state index contributed by atoms with van der Waals surface area (Å²) >= 11 is 3.23. The van der Waals surface area contributed by atoms with Crippen molar-refractivity contribution in [2.24, 2.45) is 0 Å². The van der Waals surface area contributed by atoms with Crippen molar-refractivity contribution in [1.82, 2.24) is 10.3 Å². The fraction of sp³-hybridized carbons (Fsp3) is 0.100. The largest absolute Gasteiger partial charge is 0.351 e. The van der Waals surface area contributed by atoms with Gasteiger partial charge in [-0.15, -0.1) is 11.8 Å². The van der Waals surface area contributed by atoms with Gasteiger partial charge in [-0.25, -0.2) is 4.98 Å². The van der Waals surface area contributed by atoms with E-state index in [1.54, 1.807) is 24.0 Å². The molecule has 3 nitrogen and oxygen atoms in total. The van der Waals surface area contributed by atoms with E-state index in [1.807, 2.05) is 54.6 Å². The van der Waals surface area contributed by atoms with E-state index in [9.17, 15) is 4.79 Å². The van der Waals surface area contributed by atoms with Gasteiger partial charge in [0.15, 0.2) is 0 Å². The number of hydrogen-bond donors (Lipinski definition) is 1. The lowest BCUT2D eigenvalue weighted by molar-refractivity contribution is 0.0952. The Labute approximate surface area is 156 Å². The molecule has 126 valence electrons. The number of nitrogens with zero attached hydrogens (tertiary/aromatic N) is 1. The Morgan fingerprint density at radius 2 is 1.56 bits per heavy atom. The van der Waals surface area contributed by atoms with Gasteiger partial charge < -0.3 is 5.32 Å². The van der Waals surface area contributed by atoms with Crippen molar-refractivity contribution in [3.05, 3.63) is 84.6 Å². The highest BCUT2D eigenvalue weighted by Gasteiger charge is 2.12. The Morgan fingerprint density at radius 1 is 0.880 bits per heavy atom. The van der Waals surface area contributed by atoms with Crippen molar-refractivity contribution in [1.29, 1.82) is 0 Å². The molecule has 5 heteroatoms. The number of carbonyl (C=O) groups excluding carboxylic acids is 1. The predicted molar refractivity (Wildman–Crippen MR) is 104 cm³/mol. The zero-order chi connectivity index (χ0) is 17.3. The molecule has 1 amide bonds. The second-order valence-electron chi connectivity index (χ2n) is 5.19. The molecule has 25 heavy (non-hydrogen) atoms. The van der Waals surface area contributed by atoms with Gasteiger partial charge in [0.25, 0.3) is 5.91 Å². The van der Waals surface area contributed by atoms with Gasteiger partial charge >= 0.3 is 0 Å². The summed E-state index contributed by atoms with van der Waals surface area (Å²) in [5, 5.41) is 3.71. The van der Waals surface area contributed by atoms with Crippen LogP contribution in [0.3, 0.4) is 0 Å². The number of pyridine rings is 1. The van der Waals surface area contributed by atoms with Crippen LogP contribution in [0.2, 0.25) is 0 Å². The molecule has 3 aromatic rings. The zero-order valence-corrected chi connectivity index (χ0v) is 15.2. The summed E-state index contributed by atoms with van der Waals surface area (Å²) in [5.41, 5.74) is 0.612. The van der Waals surface area contributed by atoms with Gasteiger partial charge in [0, 0.05) is 28.3 Å². The van der Waals surface area contributed by atoms with Crippen LogP contribution in [0.4, 0.5) is 0 Å². The van der Waals surface area contributed by atoms with Crippen molar-refractivity contribution >= 4 is 29.4 Å². The number of aromatic nitrogens is 1. The molecule has 0 unspecified atom stereocenters. The summed E-state index contributed by atoms with van der Waals surface area (Å²) in [4.78, 5) is 19.1. The molecule has 0 aliphatic carbocycles. The molecule has 0 saturated heterocycles. The smallest absolute Gasteiger partial charge is 0.254 e. The SMILES string of the molecule is O=C(NCCSc1ccccc1)c1cccnc1Sc1ccccc1. The van der Waals surface area contributed by atoms with Crippen LogP contribution >= 0.6 is 23.5 Å². The fourth-order valence-corrected chi connectivity index (χ4v) is 3.88. The summed E-state index contributed by atoms with van der Waals surface area (Å²) in [6, 6.07) is 23.7. The number of carbonyl (C=O) groups is 1. The molecule has 3 rings (SSSR count). The Morgan fingerprint density at radius 3 is 2.28 bits per heavy atom. The number of thioether (sulfide) groups is 1. The summed E-state index contributed by atoms with van der Waals surface area (Å²) < 4.78 is 0. The fourth-order valence-electron chi connectivity index (χ4n) is 2.19. The van der Waals surface area contributed by atoms with E-state index in [2.05, 4.69) is 22.4 Å². The minimum Gasteiger partial charge on any atom is -0.351 e. The lowest BCUT2D eigenvalue weighted by atomic mass is 10.3. The summed E-state index contributed by atoms with van der Waals surface area (Å²) in [7, 11) is 0. The summed E-state index contributed by atoms with van der Waals surface area (Å²) in [6.07, 6.45) is 1.72. The number of rotatable bonds is 7. The molecule has 0 saturated carbocycles. The van der Waals surface area contributed by atoms with Crippen molar-refractivity contribution < 1.29 is 4.79 Å². The predicted octanol–water partition coefficient (Wildman–Crippen LogP) is 4.75. The highest BCUT2D eigenvalue weighted by atomic mass is 32.2. The highest BCUT2D eigenvalue weighted by Crippen LogP contribution is 2.28. The van der Waals surface area contributed by atoms with E-state index >= 15 is 0 Å². The van der Waals surface area contributed by atoms with E-state index in [-0.39, 0.29) is 5.91 Å². The lowest BCUT2D eigenvalue weighted by Gasteiger charge is -2.09. The second-order valence-corrected chi connectivity index (χ2v) is 7.42. The molecule has 0 spiro atoms. The molecule has 0 atom stereocenters. The molecule has 0 aliphatic heterocycles. The van der Waals surface area contributed by atoms with Crippen molar-refractivity contribution in [3.63, 3.8) is 0 Å². The first-order valence-corrected chi connectivity index (χ1v) is 9.77. The van der Waals surface area contributed by atoms with Crippen molar-refractivity contribution in [3.8, 4) is 0 Å². The third-order valence-electron chi connectivity index (χ3n) is 3.37. The molecule has 0 radical (unpaired) electrons. The quantitative estimate of drug-likeness (QED) is 0.484. The topological polar surface area (TPSA) is 42.0 Å². The molecule has 1 N–H and O–H groups in total. The standard InChI is InChI=1S/C20H18N2OS2/c23-19(21-14-15-24-16-8-3-1-4-9-16)18-12-7-13-22-20(18)25-17-10-5-2-6-11-17/h1-13H,14-15H2,(H,21,23). The first-order valence-electron chi connectivity index (χ1n) is 7.97. The number of benzene rings is 2. The monoisotopic (exact) mass is 366 g/mol. The van der Waals surface area contributed by atoms with E-state index < -0.39 is 0 Å². The first-order chi connectivity index (χ1) is 12.3. The van der Waals surface area contributed by atoms with Crippen molar-refractivity contribution in [2.45, 2.75) is 14.8 Å². The van der Waals surface area contributed by atoms with Crippen LogP contribution < -0.4 is 5.32 Å². The molecule has 2 aromatic carbocycles. The van der Waals surface area contributed by atoms with Gasteiger partial charge in [-0.05, 0) is 36.4 Å². The Kier molecular flexibility index (Phi) is 6.54. The van der Waals surface area contributed by atoms with Gasteiger partial charge in [-0.1, -0.05) is 48.2 Å². The Hall–Kier alpha value is -2.24. The third-order valence-corrected chi connectivity index (χ3v) is 5.41. The molecule has 0 aliphatic rings. The molecular weight excluding hydrogens is 348 g/mol. The molecule has 0 fully saturated rings. The van der Waals surface area contributed by atoms with Gasteiger partial charge in [0.05, 0.1) is 5.56 Å². The first kappa shape index (κ1) is 17.6. The van der Waals surface area contributed by atoms with E-state index in [0.29, 0.717) is 12.1 Å². The van der Waals surface area contributed by atoms with Crippen LogP contribution in [0.15, 0.2) is 93.8 Å². The van der Waals surface area contributed by atoms with Crippen molar-refractivity contribution in [2.75, 3.05) is 12.3 Å². The average molecular weight is 367 g/mol. The van der Waals surface area contributed by atoms with Crippen LogP contribution in [0.1, 0.15) is 10.4 Å². The third kappa shape index (κ3) is 5.37. The molecule has 0 bridgehead atoms. The van der Waals surface area contributed by atoms with Crippen LogP contribution in [0, 0.1) is 0 Å². The van der Waals surface area contributed by atoms with Crippen LogP contribution in [0.5, 0.6) is 0 Å². The highest BCUT2D eigenvalue weighted by molar-refractivity contribution is 7.99. The number of amides is 1. The average Bonchev–Trinajstić information content (AvgIpc) is 2.67. The maximum atomic E-state index is 12.5. The zero-order valence-electron chi connectivity index (χ0n) is 13.6. The summed E-state index contributed by atoms with van der Waals surface area (Å²) in [5.74, 6) is 0.747. The maximum Gasteiger partial charge on any atom is 0.254 e. The molecule has 1 heterocycles. The normalized spacial score (nSPS) is 10.4. The van der Waals surface area contributed by atoms with Gasteiger partial charge in [-0.2, -0.15) is 0 Å². The van der Waals surface area contributed by atoms with Gasteiger partial charge in [0.2, 0.25) is 0 Å². The maximum absolute atomic E-state index is 12.5. The van der Waals surface area contributed by atoms with E-state index in [1.165, 1.54) is 16.7 Å².